The summed E-state index contributed by atoms with van der Waals surface area (Å²) >= 11 is 2.50. The molecule has 0 fully saturated rings. The van der Waals surface area contributed by atoms with Crippen LogP contribution in [0.2, 0.25) is 0 Å². The second-order valence-corrected chi connectivity index (χ2v) is 7.46. The zero-order valence-corrected chi connectivity index (χ0v) is 16.0. The third kappa shape index (κ3) is 5.53. The van der Waals surface area contributed by atoms with E-state index in [1.54, 1.807) is 43.5 Å². The van der Waals surface area contributed by atoms with Crippen molar-refractivity contribution in [2.24, 2.45) is 0 Å². The van der Waals surface area contributed by atoms with Crippen LogP contribution in [0.1, 0.15) is 10.4 Å². The molecule has 0 saturated carbocycles. The molecule has 0 unspecified atom stereocenters. The highest BCUT2D eigenvalue weighted by Crippen LogP contribution is 2.26. The molecule has 1 heterocycles. The Morgan fingerprint density at radius 1 is 1.04 bits per heavy atom. The maximum absolute atomic E-state index is 12.1. The summed E-state index contributed by atoms with van der Waals surface area (Å²) in [5.74, 6) is 0.982. The van der Waals surface area contributed by atoms with Gasteiger partial charge >= 0.3 is 6.03 Å². The summed E-state index contributed by atoms with van der Waals surface area (Å²) in [6.07, 6.45) is 0. The zero-order valence-electron chi connectivity index (χ0n) is 14.3. The number of urea groups is 1. The quantitative estimate of drug-likeness (QED) is 0.351. The van der Waals surface area contributed by atoms with Gasteiger partial charge in [-0.2, -0.15) is 0 Å². The first-order valence-corrected chi connectivity index (χ1v) is 9.71. The van der Waals surface area contributed by atoms with Crippen molar-refractivity contribution in [3.63, 3.8) is 0 Å². The number of methoxy groups -OCH3 is 1. The van der Waals surface area contributed by atoms with Gasteiger partial charge in [0.1, 0.15) is 5.75 Å². The fourth-order valence-electron chi connectivity index (χ4n) is 2.09. The van der Waals surface area contributed by atoms with Crippen LogP contribution in [0.15, 0.2) is 58.9 Å². The van der Waals surface area contributed by atoms with Crippen molar-refractivity contribution in [2.75, 3.05) is 23.5 Å². The molecule has 138 valence electrons. The number of benzene rings is 2. The van der Waals surface area contributed by atoms with Gasteiger partial charge in [0.05, 0.1) is 12.9 Å². The summed E-state index contributed by atoms with van der Waals surface area (Å²) in [5, 5.41) is 13.6. The van der Waals surface area contributed by atoms with Crippen molar-refractivity contribution in [3.05, 3.63) is 60.2 Å². The number of thioether (sulfide) groups is 1. The molecule has 0 radical (unpaired) electrons. The number of Topliss-reactive ketones (excluding diaryl/α,β-unsaturated/α-hetero) is 1. The van der Waals surface area contributed by atoms with Crippen molar-refractivity contribution in [3.8, 4) is 5.75 Å². The van der Waals surface area contributed by atoms with Crippen LogP contribution < -0.4 is 15.4 Å². The van der Waals surface area contributed by atoms with E-state index < -0.39 is 6.03 Å². The molecule has 0 bridgehead atoms. The Bertz CT molecular complexity index is 914. The van der Waals surface area contributed by atoms with Gasteiger partial charge in [0, 0.05) is 11.3 Å². The average Bonchev–Trinajstić information content (AvgIpc) is 3.14. The number of ether oxygens (including phenoxy) is 1. The molecule has 1 aromatic heterocycles. The first-order chi connectivity index (χ1) is 13.1. The van der Waals surface area contributed by atoms with Crippen LogP contribution in [0, 0.1) is 0 Å². The molecule has 0 atom stereocenters. The van der Waals surface area contributed by atoms with E-state index in [4.69, 9.17) is 4.74 Å². The third-order valence-electron chi connectivity index (χ3n) is 3.40. The molecule has 2 N–H and O–H groups in total. The van der Waals surface area contributed by atoms with E-state index in [1.165, 1.54) is 23.1 Å². The molecule has 7 nitrogen and oxygen atoms in total. The minimum Gasteiger partial charge on any atom is -0.497 e. The van der Waals surface area contributed by atoms with E-state index in [-0.39, 0.29) is 11.5 Å². The van der Waals surface area contributed by atoms with Crippen molar-refractivity contribution in [2.45, 2.75) is 4.34 Å². The lowest BCUT2D eigenvalue weighted by atomic mass is 10.2. The maximum Gasteiger partial charge on any atom is 0.325 e. The highest BCUT2D eigenvalue weighted by molar-refractivity contribution is 8.01. The van der Waals surface area contributed by atoms with Crippen molar-refractivity contribution < 1.29 is 14.3 Å². The second kappa shape index (κ2) is 9.15. The predicted octanol–water partition coefficient (Wildman–Crippen LogP) is 4.17. The van der Waals surface area contributed by atoms with Crippen molar-refractivity contribution in [1.82, 2.24) is 10.2 Å². The molecule has 27 heavy (non-hydrogen) atoms. The molecule has 0 aliphatic rings. The third-order valence-corrected chi connectivity index (χ3v) is 5.37. The molecule has 2 amide bonds. The van der Waals surface area contributed by atoms with Gasteiger partial charge in [-0.3, -0.25) is 10.1 Å². The monoisotopic (exact) mass is 400 g/mol. The lowest BCUT2D eigenvalue weighted by Crippen LogP contribution is -2.19. The summed E-state index contributed by atoms with van der Waals surface area (Å²) in [6, 6.07) is 15.6. The highest BCUT2D eigenvalue weighted by Gasteiger charge is 2.11. The van der Waals surface area contributed by atoms with Crippen molar-refractivity contribution in [1.29, 1.82) is 0 Å². The van der Waals surface area contributed by atoms with E-state index in [0.29, 0.717) is 26.5 Å². The predicted molar refractivity (Wildman–Crippen MR) is 107 cm³/mol. The van der Waals surface area contributed by atoms with Crippen LogP contribution in [0.3, 0.4) is 0 Å². The van der Waals surface area contributed by atoms with Gasteiger partial charge in [-0.15, -0.1) is 10.2 Å². The van der Waals surface area contributed by atoms with Gasteiger partial charge < -0.3 is 10.1 Å². The molecule has 0 spiro atoms. The number of amides is 2. The summed E-state index contributed by atoms with van der Waals surface area (Å²) in [6.45, 7) is 0. The maximum atomic E-state index is 12.1. The normalized spacial score (nSPS) is 10.3. The fraction of sp³-hybridized carbons (Fsp3) is 0.111. The second-order valence-electron chi connectivity index (χ2n) is 5.26. The lowest BCUT2D eigenvalue weighted by Gasteiger charge is -2.05. The Kier molecular flexibility index (Phi) is 6.39. The summed E-state index contributed by atoms with van der Waals surface area (Å²) < 4.78 is 5.68. The minimum absolute atomic E-state index is 0.0163. The number of carbonyl (C=O) groups excluding carboxylic acids is 2. The van der Waals surface area contributed by atoms with E-state index in [0.717, 1.165) is 0 Å². The molecule has 3 rings (SSSR count). The van der Waals surface area contributed by atoms with Gasteiger partial charge in [-0.25, -0.2) is 4.79 Å². The number of aromatic nitrogens is 2. The number of anilines is 2. The molecular formula is C18H16N4O3S2. The number of carbonyl (C=O) groups is 2. The van der Waals surface area contributed by atoms with Crippen LogP contribution in [0.5, 0.6) is 5.75 Å². The summed E-state index contributed by atoms with van der Waals surface area (Å²) in [7, 11) is 1.58. The largest absolute Gasteiger partial charge is 0.497 e. The highest BCUT2D eigenvalue weighted by atomic mass is 32.2. The van der Waals surface area contributed by atoms with Crippen LogP contribution in [0.25, 0.3) is 0 Å². The van der Waals surface area contributed by atoms with Crippen LogP contribution in [-0.2, 0) is 0 Å². The van der Waals surface area contributed by atoms with E-state index in [2.05, 4.69) is 20.8 Å². The Hall–Kier alpha value is -2.91. The molecule has 0 aliphatic carbocycles. The summed E-state index contributed by atoms with van der Waals surface area (Å²) in [5.41, 5.74) is 1.28. The van der Waals surface area contributed by atoms with E-state index in [9.17, 15) is 9.59 Å². The number of hydrogen-bond acceptors (Lipinski definition) is 7. The van der Waals surface area contributed by atoms with Crippen molar-refractivity contribution >= 4 is 45.7 Å². The number of nitrogens with zero attached hydrogens (tertiary/aromatic N) is 2. The van der Waals surface area contributed by atoms with Crippen LogP contribution >= 0.6 is 23.1 Å². The molecule has 2 aromatic carbocycles. The van der Waals surface area contributed by atoms with Gasteiger partial charge in [0.2, 0.25) is 5.13 Å². The van der Waals surface area contributed by atoms with E-state index >= 15 is 0 Å². The minimum atomic E-state index is -0.423. The molecule has 9 heteroatoms. The molecule has 0 saturated heterocycles. The zero-order chi connectivity index (χ0) is 19.1. The first kappa shape index (κ1) is 18.9. The van der Waals surface area contributed by atoms with Gasteiger partial charge in [-0.1, -0.05) is 53.4 Å². The Labute approximate surface area is 164 Å². The number of ketones is 1. The average molecular weight is 400 g/mol. The van der Waals surface area contributed by atoms with Crippen LogP contribution in [-0.4, -0.2) is 34.9 Å². The fourth-order valence-corrected chi connectivity index (χ4v) is 3.73. The van der Waals surface area contributed by atoms with E-state index in [1.807, 2.05) is 18.2 Å². The van der Waals surface area contributed by atoms with Gasteiger partial charge in [0.25, 0.3) is 0 Å². The Morgan fingerprint density at radius 3 is 2.48 bits per heavy atom. The topological polar surface area (TPSA) is 93.2 Å². The number of nitrogens with one attached hydrogen (secondary N) is 2. The molecular weight excluding hydrogens is 384 g/mol. The van der Waals surface area contributed by atoms with Gasteiger partial charge in [-0.05, 0) is 24.3 Å². The summed E-state index contributed by atoms with van der Waals surface area (Å²) in [4.78, 5) is 24.1. The number of rotatable bonds is 7. The SMILES string of the molecule is COc1ccc(NC(=O)Nc2nnc(SCC(=O)c3ccccc3)s2)cc1. The molecule has 0 aliphatic heterocycles. The first-order valence-electron chi connectivity index (χ1n) is 7.90. The lowest BCUT2D eigenvalue weighted by molar-refractivity contribution is 0.102. The number of hydrogen-bond donors (Lipinski definition) is 2. The molecule has 3 aromatic rings. The Balaban J connectivity index is 1.49. The smallest absolute Gasteiger partial charge is 0.325 e. The standard InChI is InChI=1S/C18H16N4O3S2/c1-25-14-9-7-13(8-10-14)19-16(24)20-17-21-22-18(27-17)26-11-15(23)12-5-3-2-4-6-12/h2-10H,11H2,1H3,(H2,19,20,21,24). The van der Waals surface area contributed by atoms with Gasteiger partial charge in [0.15, 0.2) is 10.1 Å². The Morgan fingerprint density at radius 2 is 1.78 bits per heavy atom. The van der Waals surface area contributed by atoms with Crippen LogP contribution in [0.4, 0.5) is 15.6 Å².